The largest absolute Gasteiger partial charge is 0.479 e. The number of hydrogen-bond donors (Lipinski definition) is 5. The third kappa shape index (κ3) is 21.6. The lowest BCUT2D eigenvalue weighted by atomic mass is 10.0. The molecule has 9 heterocycles. The molecule has 0 spiro atoms. The van der Waals surface area contributed by atoms with Crippen LogP contribution < -0.4 is 16.0 Å². The van der Waals surface area contributed by atoms with E-state index in [0.29, 0.717) is 62.5 Å². The smallest absolute Gasteiger partial charge is 0.332 e. The number of fused-ring (bicyclic) bond motifs is 6. The van der Waals surface area contributed by atoms with Crippen molar-refractivity contribution in [1.29, 1.82) is 0 Å². The van der Waals surface area contributed by atoms with Gasteiger partial charge in [0.25, 0.3) is 10.1 Å². The van der Waals surface area contributed by atoms with Crippen LogP contribution >= 0.6 is 15.9 Å². The Kier molecular flexibility index (Phi) is 29.5. The molecule has 9 aliphatic rings. The van der Waals surface area contributed by atoms with Crippen LogP contribution in [0.3, 0.4) is 0 Å². The van der Waals surface area contributed by atoms with Crippen molar-refractivity contribution >= 4 is 79.4 Å². The number of halogens is 1. The van der Waals surface area contributed by atoms with Gasteiger partial charge in [-0.2, -0.15) is 23.2 Å². The van der Waals surface area contributed by atoms with Crippen molar-refractivity contribution in [2.75, 3.05) is 32.8 Å². The molecule has 6 aliphatic heterocycles. The van der Waals surface area contributed by atoms with Gasteiger partial charge in [-0.1, -0.05) is 203 Å². The zero-order valence-electron chi connectivity index (χ0n) is 70.0. The first-order chi connectivity index (χ1) is 59.3. The van der Waals surface area contributed by atoms with Gasteiger partial charge in [-0.05, 0) is 131 Å². The number of nitrogens with one attached hydrogen (secondary N) is 4. The number of carboxylic acid groups (broad SMARTS) is 1. The maximum absolute atomic E-state index is 13.7. The molecular formula is C88H109BrN18O15S. The minimum Gasteiger partial charge on any atom is -0.479 e. The van der Waals surface area contributed by atoms with Gasteiger partial charge in [-0.3, -0.25) is 33.0 Å². The fourth-order valence-electron chi connectivity index (χ4n) is 17.1. The number of allylic oxidation sites excluding steroid dienone is 3. The number of ether oxygens (including phenoxy) is 2. The molecule has 16 rings (SSSR count). The predicted molar refractivity (Wildman–Crippen MR) is 453 cm³/mol. The van der Waals surface area contributed by atoms with Gasteiger partial charge in [0.2, 0.25) is 52.9 Å². The van der Waals surface area contributed by atoms with Crippen molar-refractivity contribution < 1.29 is 70.3 Å². The number of carboxylic acids is 1. The average molecular weight is 1770 g/mol. The molecule has 3 aliphatic carbocycles. The molecule has 3 saturated carbocycles. The van der Waals surface area contributed by atoms with Gasteiger partial charge < -0.3 is 45.2 Å². The highest BCUT2D eigenvalue weighted by atomic mass is 79.9. The van der Waals surface area contributed by atoms with Gasteiger partial charge in [0.05, 0.1) is 36.3 Å². The van der Waals surface area contributed by atoms with Crippen LogP contribution in [0.2, 0.25) is 0 Å². The monoisotopic (exact) mass is 1770 g/mol. The molecule has 0 unspecified atom stereocenters. The van der Waals surface area contributed by atoms with E-state index in [9.17, 15) is 56.7 Å². The summed E-state index contributed by atoms with van der Waals surface area (Å²) in [5, 5.41) is 58.1. The van der Waals surface area contributed by atoms with Crippen molar-refractivity contribution in [3.8, 4) is 34.2 Å². The van der Waals surface area contributed by atoms with E-state index in [2.05, 4.69) is 89.4 Å². The van der Waals surface area contributed by atoms with Crippen LogP contribution in [-0.4, -0.2) is 216 Å². The Labute approximate surface area is 723 Å². The second-order valence-corrected chi connectivity index (χ2v) is 35.8. The molecular weight excluding hydrogens is 1660 g/mol. The zero-order valence-corrected chi connectivity index (χ0v) is 72.4. The lowest BCUT2D eigenvalue weighted by molar-refractivity contribution is -0.150. The Morgan fingerprint density at radius 2 is 0.870 bits per heavy atom. The maximum atomic E-state index is 13.7. The number of amides is 6. The molecule has 33 nitrogen and oxygen atoms in total. The van der Waals surface area contributed by atoms with E-state index in [-0.39, 0.29) is 109 Å². The van der Waals surface area contributed by atoms with E-state index < -0.39 is 80.7 Å². The Bertz CT molecular complexity index is 5060. The lowest BCUT2D eigenvalue weighted by Crippen LogP contribution is -2.54. The molecule has 5 N–H and O–H groups in total. The van der Waals surface area contributed by atoms with Crippen LogP contribution in [0.4, 0.5) is 0 Å². The molecule has 654 valence electrons. The van der Waals surface area contributed by atoms with Gasteiger partial charge in [-0.15, -0.1) is 30.6 Å². The van der Waals surface area contributed by atoms with E-state index in [1.54, 1.807) is 35.8 Å². The quantitative estimate of drug-likeness (QED) is 0.0407. The molecule has 0 bridgehead atoms. The molecule has 123 heavy (non-hydrogen) atoms. The van der Waals surface area contributed by atoms with E-state index in [0.717, 1.165) is 111 Å². The molecule has 35 heteroatoms. The number of aromatic nitrogens is 12. The first-order valence-corrected chi connectivity index (χ1v) is 45.2. The summed E-state index contributed by atoms with van der Waals surface area (Å²) in [4.78, 5) is 127. The summed E-state index contributed by atoms with van der Waals surface area (Å²) in [5.74, 6) is -3.31. The topological polar surface area (TPSA) is 423 Å². The number of esters is 2. The number of H-pyrrole nitrogens is 1. The molecule has 15 atom stereocenters. The number of aromatic amines is 1. The first kappa shape index (κ1) is 89.7. The van der Waals surface area contributed by atoms with E-state index in [4.69, 9.17) is 13.7 Å². The van der Waals surface area contributed by atoms with Gasteiger partial charge >= 0.3 is 17.9 Å². The second kappa shape index (κ2) is 40.5. The number of rotatable bonds is 13. The van der Waals surface area contributed by atoms with Crippen LogP contribution in [0.5, 0.6) is 0 Å². The minimum absolute atomic E-state index is 0.000533. The SMILES string of the molecule is CCOC(=O)[C@@]12C[C@H]1/C=C\CCCCC[C@H](C)C(=O)N1C[C@@H](OS(=O)(=O)c3ccc(Br)cc3)C[C@H]1C(=O)N2.CCOC(=O)[C@@]12C[C@H]1/C=C\CCCCC[C@H](C)C(=O)N1C[C@H](n3nnc(-c4ccccc4)n3)C[C@H]1C(=O)N2.C[C@H]1CCCCC/C=C\[C@@H]2C[C@@]2(C(=O)O)NC(=O)[C@@H]2C[C@@H](n3nnc(-c4ccccc4)n3)CN2C1=O.c1ccc(-c2nn[nH]n2)cc1. The summed E-state index contributed by atoms with van der Waals surface area (Å²) >= 11 is 3.28. The Morgan fingerprint density at radius 3 is 1.27 bits per heavy atom. The van der Waals surface area contributed by atoms with E-state index >= 15 is 0 Å². The van der Waals surface area contributed by atoms with Crippen molar-refractivity contribution in [1.82, 2.24) is 91.7 Å². The minimum atomic E-state index is -4.12. The highest BCUT2D eigenvalue weighted by molar-refractivity contribution is 9.10. The molecule has 6 amide bonds. The predicted octanol–water partition coefficient (Wildman–Crippen LogP) is 10.3. The summed E-state index contributed by atoms with van der Waals surface area (Å²) in [6.07, 6.45) is 26.7. The zero-order chi connectivity index (χ0) is 87.0. The average Bonchev–Trinajstić information content (AvgIpc) is 1.58. The van der Waals surface area contributed by atoms with Crippen LogP contribution in [0.25, 0.3) is 34.2 Å². The fourth-order valence-corrected chi connectivity index (χ4v) is 18.5. The number of carbonyl (C=O) groups excluding carboxylic acids is 8. The number of tetrazole rings is 3. The number of carbonyl (C=O) groups is 9. The number of benzene rings is 4. The molecule has 3 aromatic heterocycles. The number of nitrogens with zero attached hydrogens (tertiary/aromatic N) is 14. The van der Waals surface area contributed by atoms with Crippen LogP contribution in [-0.2, 0) is 66.9 Å². The second-order valence-electron chi connectivity index (χ2n) is 33.3. The summed E-state index contributed by atoms with van der Waals surface area (Å²) in [5.41, 5.74) is -0.909. The molecule has 3 saturated heterocycles. The van der Waals surface area contributed by atoms with Gasteiger partial charge in [-0.25, -0.2) is 14.4 Å². The first-order valence-electron chi connectivity index (χ1n) is 43.0. The van der Waals surface area contributed by atoms with Crippen molar-refractivity contribution in [2.24, 2.45) is 35.5 Å². The summed E-state index contributed by atoms with van der Waals surface area (Å²) in [6, 6.07) is 31.7. The normalized spacial score (nSPS) is 29.4. The van der Waals surface area contributed by atoms with Crippen LogP contribution in [0, 0.1) is 35.5 Å². The van der Waals surface area contributed by atoms with Crippen molar-refractivity contribution in [3.63, 3.8) is 0 Å². The Balaban J connectivity index is 0.000000149. The molecule has 4 aromatic carbocycles. The highest BCUT2D eigenvalue weighted by Crippen LogP contribution is 2.49. The third-order valence-corrected chi connectivity index (χ3v) is 26.4. The summed E-state index contributed by atoms with van der Waals surface area (Å²) in [6.45, 7) is 10.1. The standard InChI is InChI=1S/C28H36N6O4.C27H35BrN2O7S.C26H32N6O4.C7H6N4/c1-3-38-27(37)28-17-21(28)15-11-6-4-5-8-12-19(2)26(36)33-18-22(16-23(33)25(35)29-28)34-31-24(30-32-34)20-13-9-7-10-14-20;1-3-36-26(33)27-16-19(27)10-8-6-4-5-7-9-18(2)25(32)30-17-21(15-23(30)24(31)29-27)37-38(34,35)22-13-11-20(28)12-14-22;1-17-10-6-3-2-4-9-13-19-15-26(19,25(35)36)27-23(33)21-14-20(16-31(21)24(17)34)32-29-22(28-30-32)18-11-7-5-8-12-18;1-2-4-6(5-3-1)7-8-10-11-9-7/h7,9-11,13-15,19,21-23H,3-6,8,12,16-18H2,1-2H3,(H,29,35);8,10-14,18-19,21,23H,3-7,9,15-17H2,1-2H3,(H,29,31);5,7-9,11-13,17,19-21H,2-4,6,10,14-16H2,1H3,(H,27,33)(H,35,36);1-5H,(H,8,9,10,11)/b15-11-;10-8-;13-9-;/t19-,21+,22+,23-,28+;18-,19+,21-,23-,27+;17-,19+,20+,21-,26+;/m000./s1. The summed E-state index contributed by atoms with van der Waals surface area (Å²) in [7, 11) is -4.12. The van der Waals surface area contributed by atoms with Crippen molar-refractivity contribution in [3.05, 3.63) is 156 Å². The molecule has 0 radical (unpaired) electrons. The van der Waals surface area contributed by atoms with Crippen LogP contribution in [0.15, 0.2) is 161 Å². The van der Waals surface area contributed by atoms with Gasteiger partial charge in [0.15, 0.2) is 0 Å². The Hall–Kier alpha value is -11.1. The molecule has 7 aromatic rings. The third-order valence-electron chi connectivity index (χ3n) is 24.5. The summed E-state index contributed by atoms with van der Waals surface area (Å²) < 4.78 is 42.8. The number of hydrogen-bond acceptors (Lipinski definition) is 23. The van der Waals surface area contributed by atoms with Gasteiger partial charge in [0, 0.05) is 95.6 Å². The van der Waals surface area contributed by atoms with Crippen LogP contribution in [0.1, 0.15) is 182 Å². The van der Waals surface area contributed by atoms with Crippen molar-refractivity contribution in [2.45, 2.75) is 227 Å². The van der Waals surface area contributed by atoms with Gasteiger partial charge in [0.1, 0.15) is 34.7 Å². The van der Waals surface area contributed by atoms with E-state index in [1.165, 1.54) is 26.6 Å². The fraction of sp³-hybridized carbons (Fsp3) is 0.523. The lowest BCUT2D eigenvalue weighted by Gasteiger charge is -2.28. The maximum Gasteiger partial charge on any atom is 0.332 e. The van der Waals surface area contributed by atoms with E-state index in [1.807, 2.05) is 142 Å². The molecule has 6 fully saturated rings. The highest BCUT2D eigenvalue weighted by Gasteiger charge is 2.65. The number of aliphatic carboxylic acids is 1. The Morgan fingerprint density at radius 1 is 0.488 bits per heavy atom.